The van der Waals surface area contributed by atoms with Crippen molar-refractivity contribution in [3.63, 3.8) is 0 Å². The number of aryl methyl sites for hydroxylation is 1. The number of anilines is 2. The summed E-state index contributed by atoms with van der Waals surface area (Å²) < 4.78 is 5.33. The van der Waals surface area contributed by atoms with Gasteiger partial charge in [0.25, 0.3) is 0 Å². The number of ether oxygens (including phenoxy) is 1. The molecule has 0 saturated carbocycles. The van der Waals surface area contributed by atoms with Crippen molar-refractivity contribution in [3.8, 4) is 5.75 Å². The molecule has 0 unspecified atom stereocenters. The second-order valence-corrected chi connectivity index (χ2v) is 6.66. The van der Waals surface area contributed by atoms with Crippen LogP contribution in [0.3, 0.4) is 0 Å². The topological polar surface area (TPSA) is 41.6 Å². The molecular formula is C22H26N2O2. The number of nitrogens with zero attached hydrogens (tertiary/aromatic N) is 1. The predicted octanol–water partition coefficient (Wildman–Crippen LogP) is 4.65. The van der Waals surface area contributed by atoms with E-state index < -0.39 is 0 Å². The van der Waals surface area contributed by atoms with Crippen molar-refractivity contribution in [1.29, 1.82) is 0 Å². The Morgan fingerprint density at radius 3 is 2.50 bits per heavy atom. The molecule has 26 heavy (non-hydrogen) atoms. The smallest absolute Gasteiger partial charge is 0.248 e. The fraction of sp³-hybridized carbons (Fsp3) is 0.318. The summed E-state index contributed by atoms with van der Waals surface area (Å²) in [7, 11) is 1.63. The van der Waals surface area contributed by atoms with Crippen molar-refractivity contribution in [2.45, 2.75) is 26.2 Å². The van der Waals surface area contributed by atoms with Crippen molar-refractivity contribution >= 4 is 23.4 Å². The number of carbonyl (C=O) groups excluding carboxylic acids is 1. The zero-order valence-electron chi connectivity index (χ0n) is 15.5. The molecule has 1 heterocycles. The molecule has 1 aliphatic rings. The lowest BCUT2D eigenvalue weighted by molar-refractivity contribution is -0.111. The van der Waals surface area contributed by atoms with E-state index in [1.54, 1.807) is 13.2 Å². The maximum absolute atomic E-state index is 12.2. The maximum atomic E-state index is 12.2. The summed E-state index contributed by atoms with van der Waals surface area (Å²) in [6.07, 6.45) is 7.15. The van der Waals surface area contributed by atoms with Gasteiger partial charge in [-0.15, -0.1) is 0 Å². The molecule has 136 valence electrons. The normalized spacial score (nSPS) is 14.5. The highest BCUT2D eigenvalue weighted by Crippen LogP contribution is 2.23. The van der Waals surface area contributed by atoms with Gasteiger partial charge in [0.1, 0.15) is 5.75 Å². The van der Waals surface area contributed by atoms with Gasteiger partial charge in [-0.25, -0.2) is 0 Å². The van der Waals surface area contributed by atoms with Gasteiger partial charge in [-0.2, -0.15) is 0 Å². The lowest BCUT2D eigenvalue weighted by Gasteiger charge is -2.28. The van der Waals surface area contributed by atoms with Crippen molar-refractivity contribution in [1.82, 2.24) is 0 Å². The lowest BCUT2D eigenvalue weighted by atomic mass is 10.1. The van der Waals surface area contributed by atoms with Gasteiger partial charge in [-0.3, -0.25) is 4.79 Å². The number of hydrogen-bond donors (Lipinski definition) is 1. The summed E-state index contributed by atoms with van der Waals surface area (Å²) in [6.45, 7) is 4.25. The second kappa shape index (κ2) is 8.56. The molecule has 3 rings (SSSR count). The average molecular weight is 350 g/mol. The molecule has 1 N–H and O–H groups in total. The van der Waals surface area contributed by atoms with Crippen LogP contribution < -0.4 is 15.0 Å². The van der Waals surface area contributed by atoms with E-state index in [-0.39, 0.29) is 5.91 Å². The highest BCUT2D eigenvalue weighted by molar-refractivity contribution is 6.02. The summed E-state index contributed by atoms with van der Waals surface area (Å²) in [5.74, 6) is 0.602. The molecule has 1 fully saturated rings. The molecule has 1 saturated heterocycles. The van der Waals surface area contributed by atoms with Crippen LogP contribution in [0.4, 0.5) is 11.4 Å². The summed E-state index contributed by atoms with van der Waals surface area (Å²) in [6, 6.07) is 14.0. The number of rotatable bonds is 5. The van der Waals surface area contributed by atoms with Crippen LogP contribution in [-0.4, -0.2) is 26.1 Å². The van der Waals surface area contributed by atoms with Gasteiger partial charge in [0.05, 0.1) is 7.11 Å². The lowest BCUT2D eigenvalue weighted by Crippen LogP contribution is -2.29. The van der Waals surface area contributed by atoms with E-state index >= 15 is 0 Å². The van der Waals surface area contributed by atoms with Gasteiger partial charge in [-0.05, 0) is 68.7 Å². The van der Waals surface area contributed by atoms with E-state index in [1.165, 1.54) is 31.0 Å². The fourth-order valence-corrected chi connectivity index (χ4v) is 3.24. The Morgan fingerprint density at radius 1 is 1.08 bits per heavy atom. The van der Waals surface area contributed by atoms with Crippen LogP contribution in [0.1, 0.15) is 30.4 Å². The highest BCUT2D eigenvalue weighted by atomic mass is 16.5. The van der Waals surface area contributed by atoms with Crippen LogP contribution in [0.5, 0.6) is 5.75 Å². The Hall–Kier alpha value is -2.75. The molecule has 0 atom stereocenters. The standard InChI is InChI=1S/C22H26N2O2/c1-17-6-12-21(26-2)18(16-17)7-13-22(25)23-19-8-10-20(11-9-19)24-14-4-3-5-15-24/h6-13,16H,3-5,14-15H2,1-2H3,(H,23,25)/b13-7+. The van der Waals surface area contributed by atoms with Crippen molar-refractivity contribution in [3.05, 3.63) is 59.7 Å². The predicted molar refractivity (Wildman–Crippen MR) is 108 cm³/mol. The Morgan fingerprint density at radius 2 is 1.81 bits per heavy atom. The van der Waals surface area contributed by atoms with Crippen LogP contribution in [0.25, 0.3) is 6.08 Å². The van der Waals surface area contributed by atoms with Gasteiger partial charge < -0.3 is 15.0 Å². The Bertz CT molecular complexity index is 775. The van der Waals surface area contributed by atoms with Crippen LogP contribution in [0, 0.1) is 6.92 Å². The molecule has 0 aromatic heterocycles. The molecule has 0 bridgehead atoms. The van der Waals surface area contributed by atoms with E-state index in [2.05, 4.69) is 22.3 Å². The molecule has 4 nitrogen and oxygen atoms in total. The van der Waals surface area contributed by atoms with Gasteiger partial charge >= 0.3 is 0 Å². The summed E-state index contributed by atoms with van der Waals surface area (Å²) >= 11 is 0. The maximum Gasteiger partial charge on any atom is 0.248 e. The molecule has 4 heteroatoms. The largest absolute Gasteiger partial charge is 0.496 e. The monoisotopic (exact) mass is 350 g/mol. The molecule has 0 spiro atoms. The van der Waals surface area contributed by atoms with Crippen LogP contribution in [-0.2, 0) is 4.79 Å². The van der Waals surface area contributed by atoms with Gasteiger partial charge in [0.15, 0.2) is 0 Å². The minimum Gasteiger partial charge on any atom is -0.496 e. The molecule has 0 radical (unpaired) electrons. The van der Waals surface area contributed by atoms with E-state index in [9.17, 15) is 4.79 Å². The van der Waals surface area contributed by atoms with Crippen molar-refractivity contribution in [2.24, 2.45) is 0 Å². The first-order chi connectivity index (χ1) is 12.7. The molecule has 1 aliphatic heterocycles. The van der Waals surface area contributed by atoms with Gasteiger partial charge in [0.2, 0.25) is 5.91 Å². The zero-order valence-corrected chi connectivity index (χ0v) is 15.5. The quantitative estimate of drug-likeness (QED) is 0.798. The summed E-state index contributed by atoms with van der Waals surface area (Å²) in [5.41, 5.74) is 4.04. The number of benzene rings is 2. The summed E-state index contributed by atoms with van der Waals surface area (Å²) in [5, 5.41) is 2.91. The van der Waals surface area contributed by atoms with E-state index in [1.807, 2.05) is 37.3 Å². The SMILES string of the molecule is COc1ccc(C)cc1/C=C/C(=O)Nc1ccc(N2CCCCC2)cc1. The third-order valence-corrected chi connectivity index (χ3v) is 4.66. The third kappa shape index (κ3) is 4.66. The molecular weight excluding hydrogens is 324 g/mol. The van der Waals surface area contributed by atoms with Crippen LogP contribution >= 0.6 is 0 Å². The highest BCUT2D eigenvalue weighted by Gasteiger charge is 2.10. The fourth-order valence-electron chi connectivity index (χ4n) is 3.24. The van der Waals surface area contributed by atoms with Crippen molar-refractivity contribution < 1.29 is 9.53 Å². The molecule has 2 aromatic rings. The summed E-state index contributed by atoms with van der Waals surface area (Å²) in [4.78, 5) is 14.6. The Kier molecular flexibility index (Phi) is 5.95. The number of methoxy groups -OCH3 is 1. The van der Waals surface area contributed by atoms with Gasteiger partial charge in [0, 0.05) is 36.1 Å². The molecule has 1 amide bonds. The Balaban J connectivity index is 1.62. The number of nitrogens with one attached hydrogen (secondary N) is 1. The van der Waals surface area contributed by atoms with Gasteiger partial charge in [-0.1, -0.05) is 11.6 Å². The zero-order chi connectivity index (χ0) is 18.4. The number of piperidine rings is 1. The molecule has 2 aromatic carbocycles. The average Bonchev–Trinajstić information content (AvgIpc) is 2.68. The number of hydrogen-bond acceptors (Lipinski definition) is 3. The minimum absolute atomic E-state index is 0.153. The number of amides is 1. The van der Waals surface area contributed by atoms with E-state index in [0.717, 1.165) is 35.7 Å². The van der Waals surface area contributed by atoms with Crippen molar-refractivity contribution in [2.75, 3.05) is 30.4 Å². The van der Waals surface area contributed by atoms with E-state index in [4.69, 9.17) is 4.74 Å². The number of carbonyl (C=O) groups is 1. The Labute approximate surface area is 155 Å². The minimum atomic E-state index is -0.153. The van der Waals surface area contributed by atoms with Crippen LogP contribution in [0.2, 0.25) is 0 Å². The second-order valence-electron chi connectivity index (χ2n) is 6.66. The third-order valence-electron chi connectivity index (χ3n) is 4.66. The molecule has 0 aliphatic carbocycles. The van der Waals surface area contributed by atoms with Crippen LogP contribution in [0.15, 0.2) is 48.5 Å². The first-order valence-corrected chi connectivity index (χ1v) is 9.14. The first-order valence-electron chi connectivity index (χ1n) is 9.14. The van der Waals surface area contributed by atoms with E-state index in [0.29, 0.717) is 0 Å². The first kappa shape index (κ1) is 18.1.